The number of nitrogens with two attached hydrogens (primary N) is 1. The van der Waals surface area contributed by atoms with E-state index >= 15 is 0 Å². The van der Waals surface area contributed by atoms with Gasteiger partial charge in [-0.15, -0.1) is 0 Å². The Labute approximate surface area is 78.2 Å². The zero-order valence-corrected chi connectivity index (χ0v) is 7.93. The molecule has 0 radical (unpaired) electrons. The molecule has 0 aromatic heterocycles. The third kappa shape index (κ3) is 2.20. The first-order valence-electron chi connectivity index (χ1n) is 2.92. The SMILES string of the molecule is NN=Cc1ccc(Cl)c(Br)c1. The van der Waals surface area contributed by atoms with Crippen molar-refractivity contribution in [2.75, 3.05) is 0 Å². The molecule has 0 atom stereocenters. The van der Waals surface area contributed by atoms with Crippen molar-refractivity contribution in [1.82, 2.24) is 0 Å². The number of hydrogen-bond acceptors (Lipinski definition) is 2. The Balaban J connectivity index is 3.05. The van der Waals surface area contributed by atoms with Gasteiger partial charge in [-0.2, -0.15) is 5.10 Å². The Hall–Kier alpha value is -0.540. The molecule has 0 aliphatic rings. The zero-order valence-electron chi connectivity index (χ0n) is 5.59. The topological polar surface area (TPSA) is 38.4 Å². The van der Waals surface area contributed by atoms with Crippen LogP contribution in [0.2, 0.25) is 5.02 Å². The van der Waals surface area contributed by atoms with E-state index in [0.717, 1.165) is 10.0 Å². The Morgan fingerprint density at radius 3 is 2.82 bits per heavy atom. The molecular formula is C7H6BrClN2. The van der Waals surface area contributed by atoms with Crippen LogP contribution in [0.5, 0.6) is 0 Å². The van der Waals surface area contributed by atoms with Crippen molar-refractivity contribution in [3.05, 3.63) is 33.3 Å². The van der Waals surface area contributed by atoms with Gasteiger partial charge in [0.1, 0.15) is 0 Å². The molecule has 0 amide bonds. The molecule has 1 aromatic rings. The molecule has 0 aliphatic heterocycles. The molecule has 11 heavy (non-hydrogen) atoms. The van der Waals surface area contributed by atoms with Gasteiger partial charge < -0.3 is 5.84 Å². The van der Waals surface area contributed by atoms with Gasteiger partial charge in [0, 0.05) is 4.47 Å². The Bertz CT molecular complexity index is 286. The highest BCUT2D eigenvalue weighted by Crippen LogP contribution is 2.22. The molecule has 0 saturated heterocycles. The lowest BCUT2D eigenvalue weighted by Gasteiger charge is -1.95. The van der Waals surface area contributed by atoms with Crippen LogP contribution < -0.4 is 5.84 Å². The highest BCUT2D eigenvalue weighted by atomic mass is 79.9. The maximum absolute atomic E-state index is 5.76. The first-order chi connectivity index (χ1) is 5.24. The van der Waals surface area contributed by atoms with Gasteiger partial charge in [0.2, 0.25) is 0 Å². The van der Waals surface area contributed by atoms with Crippen LogP contribution in [0.1, 0.15) is 5.56 Å². The van der Waals surface area contributed by atoms with Crippen LogP contribution >= 0.6 is 27.5 Å². The summed E-state index contributed by atoms with van der Waals surface area (Å²) in [5, 5.41) is 4.07. The van der Waals surface area contributed by atoms with Crippen LogP contribution in [0.25, 0.3) is 0 Å². The second-order valence-corrected chi connectivity index (χ2v) is 3.21. The Morgan fingerprint density at radius 1 is 1.55 bits per heavy atom. The monoisotopic (exact) mass is 232 g/mol. The fraction of sp³-hybridized carbons (Fsp3) is 0. The fourth-order valence-electron chi connectivity index (χ4n) is 0.679. The highest BCUT2D eigenvalue weighted by molar-refractivity contribution is 9.10. The van der Waals surface area contributed by atoms with E-state index in [-0.39, 0.29) is 0 Å². The minimum absolute atomic E-state index is 0.680. The number of hydrogen-bond donors (Lipinski definition) is 1. The molecule has 0 aliphatic carbocycles. The smallest absolute Gasteiger partial charge is 0.0548 e. The quantitative estimate of drug-likeness (QED) is 0.451. The number of halogens is 2. The molecule has 4 heteroatoms. The summed E-state index contributed by atoms with van der Waals surface area (Å²) in [7, 11) is 0. The average molecular weight is 233 g/mol. The third-order valence-corrected chi connectivity index (χ3v) is 2.38. The first kappa shape index (κ1) is 8.56. The van der Waals surface area contributed by atoms with Crippen LogP contribution in [-0.4, -0.2) is 6.21 Å². The average Bonchev–Trinajstić information content (AvgIpc) is 1.98. The van der Waals surface area contributed by atoms with Crippen molar-refractivity contribution in [3.63, 3.8) is 0 Å². The Kier molecular flexibility index (Phi) is 2.91. The summed E-state index contributed by atoms with van der Waals surface area (Å²) in [6.07, 6.45) is 1.56. The number of benzene rings is 1. The second-order valence-electron chi connectivity index (χ2n) is 1.95. The van der Waals surface area contributed by atoms with E-state index in [9.17, 15) is 0 Å². The Morgan fingerprint density at radius 2 is 2.27 bits per heavy atom. The number of hydrazone groups is 1. The number of nitrogens with zero attached hydrogens (tertiary/aromatic N) is 1. The lowest BCUT2D eigenvalue weighted by molar-refractivity contribution is 1.26. The van der Waals surface area contributed by atoms with Crippen molar-refractivity contribution in [1.29, 1.82) is 0 Å². The molecule has 0 saturated carbocycles. The maximum Gasteiger partial charge on any atom is 0.0548 e. The second kappa shape index (κ2) is 3.74. The molecule has 0 bridgehead atoms. The van der Waals surface area contributed by atoms with Crippen molar-refractivity contribution in [2.24, 2.45) is 10.9 Å². The normalized spacial score (nSPS) is 10.7. The molecule has 2 nitrogen and oxygen atoms in total. The van der Waals surface area contributed by atoms with E-state index in [1.54, 1.807) is 12.3 Å². The first-order valence-corrected chi connectivity index (χ1v) is 4.09. The highest BCUT2D eigenvalue weighted by Gasteiger charge is 1.95. The van der Waals surface area contributed by atoms with Gasteiger partial charge in [-0.25, -0.2) is 0 Å². The predicted molar refractivity (Wildman–Crippen MR) is 50.9 cm³/mol. The van der Waals surface area contributed by atoms with Gasteiger partial charge >= 0.3 is 0 Å². The largest absolute Gasteiger partial charge is 0.323 e. The molecule has 1 rings (SSSR count). The summed E-state index contributed by atoms with van der Waals surface area (Å²) in [4.78, 5) is 0. The molecule has 58 valence electrons. The van der Waals surface area contributed by atoms with Crippen LogP contribution in [0.4, 0.5) is 0 Å². The third-order valence-electron chi connectivity index (χ3n) is 1.17. The molecule has 2 N–H and O–H groups in total. The summed E-state index contributed by atoms with van der Waals surface area (Å²) < 4.78 is 0.844. The predicted octanol–water partition coefficient (Wildman–Crippen LogP) is 2.40. The van der Waals surface area contributed by atoms with Crippen LogP contribution in [-0.2, 0) is 0 Å². The summed E-state index contributed by atoms with van der Waals surface area (Å²) in [5.41, 5.74) is 0.920. The van der Waals surface area contributed by atoms with Crippen molar-refractivity contribution in [2.45, 2.75) is 0 Å². The summed E-state index contributed by atoms with van der Waals surface area (Å²) in [6.45, 7) is 0. The minimum Gasteiger partial charge on any atom is -0.323 e. The maximum atomic E-state index is 5.76. The van der Waals surface area contributed by atoms with E-state index in [4.69, 9.17) is 17.4 Å². The molecular weight excluding hydrogens is 227 g/mol. The zero-order chi connectivity index (χ0) is 8.27. The summed E-state index contributed by atoms with van der Waals surface area (Å²) in [5.74, 6) is 4.97. The van der Waals surface area contributed by atoms with Crippen molar-refractivity contribution in [3.8, 4) is 0 Å². The van der Waals surface area contributed by atoms with E-state index < -0.39 is 0 Å². The summed E-state index contributed by atoms with van der Waals surface area (Å²) in [6, 6.07) is 5.46. The van der Waals surface area contributed by atoms with Crippen LogP contribution in [0.15, 0.2) is 27.8 Å². The summed E-state index contributed by atoms with van der Waals surface area (Å²) >= 11 is 9.04. The molecule has 1 aromatic carbocycles. The standard InChI is InChI=1S/C7H6BrClN2/c8-6-3-5(4-11-10)1-2-7(6)9/h1-4H,10H2. The lowest BCUT2D eigenvalue weighted by atomic mass is 10.2. The van der Waals surface area contributed by atoms with Gasteiger partial charge in [-0.1, -0.05) is 17.7 Å². The van der Waals surface area contributed by atoms with Crippen LogP contribution in [0.3, 0.4) is 0 Å². The van der Waals surface area contributed by atoms with E-state index in [0.29, 0.717) is 5.02 Å². The van der Waals surface area contributed by atoms with Gasteiger partial charge in [0.25, 0.3) is 0 Å². The van der Waals surface area contributed by atoms with E-state index in [1.807, 2.05) is 12.1 Å². The van der Waals surface area contributed by atoms with Crippen molar-refractivity contribution >= 4 is 33.7 Å². The molecule has 0 spiro atoms. The minimum atomic E-state index is 0.680. The van der Waals surface area contributed by atoms with Gasteiger partial charge in [0.05, 0.1) is 11.2 Å². The number of rotatable bonds is 1. The molecule has 0 heterocycles. The molecule has 0 unspecified atom stereocenters. The van der Waals surface area contributed by atoms with Crippen molar-refractivity contribution < 1.29 is 0 Å². The van der Waals surface area contributed by atoms with Gasteiger partial charge in [-0.3, -0.25) is 0 Å². The van der Waals surface area contributed by atoms with Gasteiger partial charge in [-0.05, 0) is 33.6 Å². The fourth-order valence-corrected chi connectivity index (χ4v) is 1.19. The van der Waals surface area contributed by atoms with E-state index in [1.165, 1.54) is 0 Å². The van der Waals surface area contributed by atoms with Crippen LogP contribution in [0, 0.1) is 0 Å². The lowest BCUT2D eigenvalue weighted by Crippen LogP contribution is -1.85. The molecule has 0 fully saturated rings. The van der Waals surface area contributed by atoms with Gasteiger partial charge in [0.15, 0.2) is 0 Å². The van der Waals surface area contributed by atoms with E-state index in [2.05, 4.69) is 21.0 Å².